The third kappa shape index (κ3) is 21.6. The van der Waals surface area contributed by atoms with Crippen LogP contribution in [0.25, 0.3) is 0 Å². The zero-order valence-electron chi connectivity index (χ0n) is 56.4. The number of hydrogen-bond donors (Lipinski definition) is 6. The van der Waals surface area contributed by atoms with Gasteiger partial charge in [0.25, 0.3) is 0 Å². The maximum atomic E-state index is 15.1. The Morgan fingerprint density at radius 3 is 1.27 bits per heavy atom. The maximum Gasteiger partial charge on any atom is 0.248 e. The van der Waals surface area contributed by atoms with Gasteiger partial charge in [-0.3, -0.25) is 52.7 Å². The molecule has 0 aromatic heterocycles. The van der Waals surface area contributed by atoms with Crippen molar-refractivity contribution >= 4 is 65.0 Å². The van der Waals surface area contributed by atoms with Crippen molar-refractivity contribution in [3.63, 3.8) is 0 Å². The van der Waals surface area contributed by atoms with Gasteiger partial charge in [0.15, 0.2) is 0 Å². The number of allylic oxidation sites excluding steroid dienone is 2. The highest BCUT2D eigenvalue weighted by Crippen LogP contribution is 2.26. The monoisotopic (exact) mass is 1220 g/mol. The minimum Gasteiger partial charge on any atom is -0.391 e. The lowest BCUT2D eigenvalue weighted by Crippen LogP contribution is -2.64. The van der Waals surface area contributed by atoms with E-state index >= 15 is 9.59 Å². The van der Waals surface area contributed by atoms with E-state index in [-0.39, 0.29) is 55.8 Å². The Balaban J connectivity index is 4.37. The lowest BCUT2D eigenvalue weighted by molar-refractivity contribution is -0.157. The van der Waals surface area contributed by atoms with E-state index in [1.165, 1.54) is 89.7 Å². The molecule has 13 atom stereocenters. The molecule has 0 bridgehead atoms. The van der Waals surface area contributed by atoms with Crippen LogP contribution in [0, 0.1) is 41.4 Å². The smallest absolute Gasteiger partial charge is 0.248 e. The van der Waals surface area contributed by atoms with E-state index in [4.69, 9.17) is 0 Å². The summed E-state index contributed by atoms with van der Waals surface area (Å²) in [6.45, 7) is 28.5. The van der Waals surface area contributed by atoms with E-state index in [0.29, 0.717) is 0 Å². The van der Waals surface area contributed by atoms with Gasteiger partial charge >= 0.3 is 0 Å². The molecule has 1 saturated heterocycles. The molecule has 1 heterocycles. The zero-order valence-corrected chi connectivity index (χ0v) is 56.4. The maximum absolute atomic E-state index is 15.1. The van der Waals surface area contributed by atoms with Gasteiger partial charge in [0.2, 0.25) is 65.0 Å². The van der Waals surface area contributed by atoms with Gasteiger partial charge in [0.1, 0.15) is 60.4 Å². The summed E-state index contributed by atoms with van der Waals surface area (Å²) >= 11 is 0. The molecule has 0 aromatic carbocycles. The molecule has 11 amide bonds. The first-order valence-corrected chi connectivity index (χ1v) is 30.6. The second-order valence-corrected chi connectivity index (χ2v) is 26.4. The molecule has 24 heteroatoms. The summed E-state index contributed by atoms with van der Waals surface area (Å²) in [5.74, 6) is -10.7. The summed E-state index contributed by atoms with van der Waals surface area (Å²) in [6.07, 6.45) is 1.10. The molecule has 0 unspecified atom stereocenters. The van der Waals surface area contributed by atoms with E-state index in [1.54, 1.807) is 53.7 Å². The highest BCUT2D eigenvalue weighted by Gasteiger charge is 2.46. The molecule has 6 N–H and O–H groups in total. The van der Waals surface area contributed by atoms with Crippen LogP contribution < -0.4 is 21.3 Å². The molecule has 1 fully saturated rings. The normalized spacial score (nSPS) is 27.1. The van der Waals surface area contributed by atoms with Gasteiger partial charge in [-0.05, 0) is 101 Å². The van der Waals surface area contributed by atoms with Crippen molar-refractivity contribution in [1.82, 2.24) is 55.6 Å². The summed E-state index contributed by atoms with van der Waals surface area (Å²) in [4.78, 5) is 168. The predicted molar refractivity (Wildman–Crippen MR) is 330 cm³/mol. The van der Waals surface area contributed by atoms with Crippen LogP contribution in [0.4, 0.5) is 0 Å². The Morgan fingerprint density at radius 2 is 0.826 bits per heavy atom. The number of nitrogens with zero attached hydrogens (tertiary/aromatic N) is 7. The van der Waals surface area contributed by atoms with Crippen molar-refractivity contribution in [2.75, 3.05) is 55.9 Å². The lowest BCUT2D eigenvalue weighted by Gasteiger charge is -2.41. The number of carbonyl (C=O) groups is 11. The zero-order chi connectivity index (χ0) is 66.8. The summed E-state index contributed by atoms with van der Waals surface area (Å²) in [5.41, 5.74) is 0. The highest BCUT2D eigenvalue weighted by atomic mass is 16.3. The van der Waals surface area contributed by atoms with Gasteiger partial charge in [-0.25, -0.2) is 0 Å². The lowest BCUT2D eigenvalue weighted by atomic mass is 9.91. The van der Waals surface area contributed by atoms with Crippen LogP contribution in [0.5, 0.6) is 0 Å². The Hall–Kier alpha value is -6.17. The molecule has 0 aliphatic carbocycles. The van der Waals surface area contributed by atoms with E-state index in [2.05, 4.69) is 21.3 Å². The Kier molecular flexibility index (Phi) is 31.7. The second-order valence-electron chi connectivity index (χ2n) is 26.4. The number of aliphatic hydroxyl groups excluding tert-OH is 2. The first-order chi connectivity index (χ1) is 39.6. The highest BCUT2D eigenvalue weighted by molar-refractivity contribution is 5.99. The molecule has 0 saturated carbocycles. The largest absolute Gasteiger partial charge is 0.391 e. The van der Waals surface area contributed by atoms with Gasteiger partial charge in [0.05, 0.1) is 18.8 Å². The predicted octanol–water partition coefficient (Wildman–Crippen LogP) is 2.24. The number of likely N-dealkylation sites (N-methyl/N-ethyl adjacent to an activating group) is 7. The van der Waals surface area contributed by atoms with Crippen LogP contribution >= 0.6 is 0 Å². The average Bonchev–Trinajstić information content (AvgIpc) is 2.16. The molecule has 492 valence electrons. The molecule has 0 aromatic rings. The Bertz CT molecular complexity index is 2360. The number of aliphatic hydroxyl groups is 2. The van der Waals surface area contributed by atoms with Gasteiger partial charge < -0.3 is 65.8 Å². The second kappa shape index (κ2) is 35.0. The van der Waals surface area contributed by atoms with E-state index in [0.717, 1.165) is 14.7 Å². The van der Waals surface area contributed by atoms with Crippen molar-refractivity contribution in [2.45, 2.75) is 222 Å². The number of carbonyl (C=O) groups excluding carboxylic acids is 11. The van der Waals surface area contributed by atoms with Crippen molar-refractivity contribution in [1.29, 1.82) is 0 Å². The molecule has 24 nitrogen and oxygen atoms in total. The van der Waals surface area contributed by atoms with E-state index in [9.17, 15) is 53.4 Å². The van der Waals surface area contributed by atoms with Crippen LogP contribution in [0.1, 0.15) is 150 Å². The fourth-order valence-electron chi connectivity index (χ4n) is 10.7. The molecule has 1 aliphatic rings. The first-order valence-electron chi connectivity index (χ1n) is 30.6. The quantitative estimate of drug-likeness (QED) is 0.129. The van der Waals surface area contributed by atoms with Gasteiger partial charge in [-0.1, -0.05) is 102 Å². The topological polar surface area (TPSA) is 299 Å². The van der Waals surface area contributed by atoms with E-state index in [1.807, 2.05) is 55.4 Å². The van der Waals surface area contributed by atoms with Crippen LogP contribution in [0.3, 0.4) is 0 Å². The Labute approximate surface area is 513 Å². The van der Waals surface area contributed by atoms with Crippen LogP contribution in [-0.4, -0.2) is 238 Å². The Morgan fingerprint density at radius 1 is 0.430 bits per heavy atom. The average molecular weight is 1220 g/mol. The van der Waals surface area contributed by atoms with Gasteiger partial charge in [0, 0.05) is 49.3 Å². The molecule has 0 radical (unpaired) electrons. The fourth-order valence-corrected chi connectivity index (χ4v) is 10.7. The minimum atomic E-state index is -1.74. The number of amides is 11. The molecular formula is C62H111N11O13. The van der Waals surface area contributed by atoms with Crippen LogP contribution in [-0.2, 0) is 52.7 Å². The van der Waals surface area contributed by atoms with Gasteiger partial charge in [-0.2, -0.15) is 0 Å². The third-order valence-corrected chi connectivity index (χ3v) is 16.1. The summed E-state index contributed by atoms with van der Waals surface area (Å²) in [7, 11) is 9.62. The number of rotatable bonds is 15. The minimum absolute atomic E-state index is 0.113. The van der Waals surface area contributed by atoms with Gasteiger partial charge in [-0.15, -0.1) is 0 Å². The summed E-state index contributed by atoms with van der Waals surface area (Å²) in [5, 5.41) is 34.0. The molecule has 86 heavy (non-hydrogen) atoms. The third-order valence-electron chi connectivity index (χ3n) is 16.1. The number of nitrogens with one attached hydrogen (secondary N) is 4. The molecule has 0 spiro atoms. The van der Waals surface area contributed by atoms with Crippen molar-refractivity contribution in [3.05, 3.63) is 12.2 Å². The summed E-state index contributed by atoms with van der Waals surface area (Å²) in [6, 6.07) is -13.2. The standard InChI is InChI=1S/C62H111N11O13/c1-25-26-27-39(14)52(76)51-56(80)66-49(42(17)74)60(84)67(18)32-47(75)68(19)43(28-33(2)3)55(79)65-48(37(10)11)61(85)69(20)44(29-34(4)5)54(78)63-40(15)53(77)64-41(16)57(81)70(21)45(30-35(6)7)58(82)71(22)46(31-36(8)9)59(83)72(23)50(38(12)13)62(86)73(51)24/h25-26,33-46,48-52,74,76H,27-32H2,1-24H3,(H,63,78)(H,64,77)(H,65,79)(H,66,80)/b26-25+/t39-,40-,41+,42-,43-,44-,45-,46-,48-,49-,50+,51+,52-/m0/s1. The van der Waals surface area contributed by atoms with Crippen molar-refractivity contribution in [3.8, 4) is 0 Å². The summed E-state index contributed by atoms with van der Waals surface area (Å²) < 4.78 is 0. The van der Waals surface area contributed by atoms with Crippen LogP contribution in [0.15, 0.2) is 12.2 Å². The molecule has 1 rings (SSSR count). The van der Waals surface area contributed by atoms with Crippen LogP contribution in [0.2, 0.25) is 0 Å². The van der Waals surface area contributed by atoms with E-state index < -0.39 is 162 Å². The molecule has 1 aliphatic heterocycles. The van der Waals surface area contributed by atoms with Crippen molar-refractivity contribution < 1.29 is 63.0 Å². The molecular weight excluding hydrogens is 1110 g/mol. The number of hydrogen-bond acceptors (Lipinski definition) is 13. The van der Waals surface area contributed by atoms with Crippen molar-refractivity contribution in [2.24, 2.45) is 41.4 Å². The first kappa shape index (κ1) is 77.8. The SMILES string of the molecule is C/C=C/C[C@H](C)[C@H](O)[C@@H]1C(=O)N[C@@H]([C@H](C)O)C(=O)N(C)CC(=O)N(C)[C@@H](CC(C)C)C(=O)N[C@@H](C(C)C)C(=O)N(C)[C@@H](CC(C)C)C(=O)N[C@@H](C)C(=O)N[C@H](C)C(=O)N(C)[C@@H](CC(C)C)C(=O)N(C)[C@@H](CC(C)C)C(=O)N(C)[C@H](C(C)C)C(=O)N1C. The fraction of sp³-hybridized carbons (Fsp3) is 0.790.